The zero-order valence-corrected chi connectivity index (χ0v) is 16.8. The van der Waals surface area contributed by atoms with Gasteiger partial charge in [-0.3, -0.25) is 4.99 Å². The first-order chi connectivity index (χ1) is 11.8. The van der Waals surface area contributed by atoms with Gasteiger partial charge in [-0.05, 0) is 44.6 Å². The first kappa shape index (κ1) is 20.1. The van der Waals surface area contributed by atoms with Gasteiger partial charge >= 0.3 is 0 Å². The Morgan fingerprint density at radius 2 is 1.96 bits per heavy atom. The summed E-state index contributed by atoms with van der Waals surface area (Å²) >= 11 is 1.99. The topological polar surface area (TPSA) is 82.6 Å². The lowest BCUT2D eigenvalue weighted by Gasteiger charge is -2.24. The smallest absolute Gasteiger partial charge is 0.240 e. The molecule has 0 aromatic heterocycles. The van der Waals surface area contributed by atoms with Gasteiger partial charge in [0, 0.05) is 31.4 Å². The molecule has 3 N–H and O–H groups in total. The van der Waals surface area contributed by atoms with Crippen molar-refractivity contribution < 1.29 is 8.42 Å². The number of thioether (sulfide) groups is 1. The van der Waals surface area contributed by atoms with Crippen molar-refractivity contribution in [2.75, 3.05) is 32.4 Å². The number of aryl methyl sites for hydroxylation is 1. The van der Waals surface area contributed by atoms with Crippen LogP contribution in [0.4, 0.5) is 0 Å². The second kappa shape index (κ2) is 8.91. The minimum atomic E-state index is -3.47. The van der Waals surface area contributed by atoms with Gasteiger partial charge in [0.2, 0.25) is 10.0 Å². The standard InChI is InChI=1S/C17H28N4O2S2/c1-14-5-7-15(8-6-14)25(22,23)21-11-10-19-16(18-3)20-13-17(2)9-4-12-24-17/h5-8,21H,4,9-13H2,1-3H3,(H2,18,19,20). The molecule has 1 fully saturated rings. The third-order valence-electron chi connectivity index (χ3n) is 4.19. The van der Waals surface area contributed by atoms with Crippen LogP contribution in [0.3, 0.4) is 0 Å². The lowest BCUT2D eigenvalue weighted by molar-refractivity contribution is 0.577. The Kier molecular flexibility index (Phi) is 7.15. The predicted octanol–water partition coefficient (Wildman–Crippen LogP) is 1.72. The van der Waals surface area contributed by atoms with Crippen molar-refractivity contribution in [3.05, 3.63) is 29.8 Å². The zero-order valence-electron chi connectivity index (χ0n) is 15.1. The minimum Gasteiger partial charge on any atom is -0.355 e. The highest BCUT2D eigenvalue weighted by Gasteiger charge is 2.29. The Labute approximate surface area is 155 Å². The van der Waals surface area contributed by atoms with E-state index in [-0.39, 0.29) is 9.64 Å². The van der Waals surface area contributed by atoms with Crippen molar-refractivity contribution in [1.29, 1.82) is 0 Å². The first-order valence-electron chi connectivity index (χ1n) is 8.49. The van der Waals surface area contributed by atoms with Crippen LogP contribution >= 0.6 is 11.8 Å². The third-order valence-corrected chi connectivity index (χ3v) is 7.21. The fourth-order valence-electron chi connectivity index (χ4n) is 2.63. The van der Waals surface area contributed by atoms with Gasteiger partial charge < -0.3 is 10.6 Å². The van der Waals surface area contributed by atoms with E-state index in [2.05, 4.69) is 27.3 Å². The molecule has 0 saturated carbocycles. The molecule has 1 aliphatic heterocycles. The second-order valence-corrected chi connectivity index (χ2v) is 9.91. The molecule has 1 aromatic rings. The molecule has 140 valence electrons. The maximum Gasteiger partial charge on any atom is 0.240 e. The van der Waals surface area contributed by atoms with Gasteiger partial charge in [0.25, 0.3) is 0 Å². The van der Waals surface area contributed by atoms with Gasteiger partial charge in [-0.15, -0.1) is 0 Å². The number of sulfonamides is 1. The van der Waals surface area contributed by atoms with E-state index in [0.29, 0.717) is 19.0 Å². The number of nitrogens with zero attached hydrogens (tertiary/aromatic N) is 1. The van der Waals surface area contributed by atoms with E-state index >= 15 is 0 Å². The van der Waals surface area contributed by atoms with Crippen LogP contribution in [0.2, 0.25) is 0 Å². The quantitative estimate of drug-likeness (QED) is 0.379. The normalized spacial score (nSPS) is 21.3. The van der Waals surface area contributed by atoms with Crippen molar-refractivity contribution in [2.24, 2.45) is 4.99 Å². The van der Waals surface area contributed by atoms with Crippen molar-refractivity contribution in [3.8, 4) is 0 Å². The highest BCUT2D eigenvalue weighted by molar-refractivity contribution is 8.00. The van der Waals surface area contributed by atoms with Gasteiger partial charge in [-0.1, -0.05) is 17.7 Å². The number of nitrogens with one attached hydrogen (secondary N) is 3. The molecule has 0 amide bonds. The Bertz CT molecular complexity index is 681. The molecule has 0 spiro atoms. The summed E-state index contributed by atoms with van der Waals surface area (Å²) in [5.74, 6) is 1.91. The molecule has 1 unspecified atom stereocenters. The molecule has 1 aromatic carbocycles. The summed E-state index contributed by atoms with van der Waals surface area (Å²) in [7, 11) is -1.75. The highest BCUT2D eigenvalue weighted by Crippen LogP contribution is 2.36. The van der Waals surface area contributed by atoms with E-state index in [0.717, 1.165) is 12.1 Å². The second-order valence-electron chi connectivity index (χ2n) is 6.47. The number of benzene rings is 1. The maximum absolute atomic E-state index is 12.2. The van der Waals surface area contributed by atoms with Crippen molar-refractivity contribution in [3.63, 3.8) is 0 Å². The molecule has 0 aliphatic carbocycles. The highest BCUT2D eigenvalue weighted by atomic mass is 32.2. The fraction of sp³-hybridized carbons (Fsp3) is 0.588. The molecule has 8 heteroatoms. The van der Waals surface area contributed by atoms with E-state index in [9.17, 15) is 8.42 Å². The van der Waals surface area contributed by atoms with E-state index in [1.165, 1.54) is 18.6 Å². The molecule has 0 radical (unpaired) electrons. The van der Waals surface area contributed by atoms with Crippen LogP contribution in [0.25, 0.3) is 0 Å². The van der Waals surface area contributed by atoms with E-state index < -0.39 is 10.0 Å². The van der Waals surface area contributed by atoms with Crippen LogP contribution in [0.1, 0.15) is 25.3 Å². The van der Waals surface area contributed by atoms with Crippen LogP contribution in [0.15, 0.2) is 34.2 Å². The SMILES string of the molecule is CN=C(NCCNS(=O)(=O)c1ccc(C)cc1)NCC1(C)CCCS1. The summed E-state index contributed by atoms with van der Waals surface area (Å²) < 4.78 is 27.3. The predicted molar refractivity (Wildman–Crippen MR) is 106 cm³/mol. The zero-order chi connectivity index (χ0) is 18.3. The molecule has 0 bridgehead atoms. The molecule has 1 heterocycles. The monoisotopic (exact) mass is 384 g/mol. The Hall–Kier alpha value is -1.25. The fourth-order valence-corrected chi connectivity index (χ4v) is 4.91. The summed E-state index contributed by atoms with van der Waals surface area (Å²) in [5, 5.41) is 6.47. The average molecular weight is 385 g/mol. The molecule has 1 aliphatic rings. The van der Waals surface area contributed by atoms with E-state index in [1.54, 1.807) is 31.3 Å². The minimum absolute atomic E-state index is 0.255. The average Bonchev–Trinajstić information content (AvgIpc) is 3.01. The van der Waals surface area contributed by atoms with Crippen LogP contribution in [0, 0.1) is 6.92 Å². The number of guanidine groups is 1. The van der Waals surface area contributed by atoms with E-state index in [4.69, 9.17) is 0 Å². The van der Waals surface area contributed by atoms with Crippen molar-refractivity contribution >= 4 is 27.7 Å². The summed E-state index contributed by atoms with van der Waals surface area (Å²) in [5.41, 5.74) is 1.03. The van der Waals surface area contributed by atoms with Crippen molar-refractivity contribution in [2.45, 2.75) is 36.3 Å². The van der Waals surface area contributed by atoms with Crippen LogP contribution in [0.5, 0.6) is 0 Å². The summed E-state index contributed by atoms with van der Waals surface area (Å²) in [6, 6.07) is 6.82. The number of hydrogen-bond acceptors (Lipinski definition) is 4. The number of rotatable bonds is 7. The molecule has 1 atom stereocenters. The largest absolute Gasteiger partial charge is 0.355 e. The summed E-state index contributed by atoms with van der Waals surface area (Å²) in [4.78, 5) is 4.47. The number of hydrogen-bond donors (Lipinski definition) is 3. The van der Waals surface area contributed by atoms with Crippen LogP contribution in [-0.2, 0) is 10.0 Å². The van der Waals surface area contributed by atoms with Gasteiger partial charge in [0.05, 0.1) is 4.90 Å². The maximum atomic E-state index is 12.2. The number of aliphatic imine (C=N–C) groups is 1. The van der Waals surface area contributed by atoms with Crippen LogP contribution < -0.4 is 15.4 Å². The third kappa shape index (κ3) is 6.20. The summed E-state index contributed by atoms with van der Waals surface area (Å²) in [6.07, 6.45) is 2.47. The molecule has 2 rings (SSSR count). The van der Waals surface area contributed by atoms with Crippen molar-refractivity contribution in [1.82, 2.24) is 15.4 Å². The Morgan fingerprint density at radius 1 is 1.24 bits per heavy atom. The molecular weight excluding hydrogens is 356 g/mol. The lowest BCUT2D eigenvalue weighted by atomic mass is 10.1. The first-order valence-corrected chi connectivity index (χ1v) is 11.0. The summed E-state index contributed by atoms with van der Waals surface area (Å²) in [6.45, 7) is 5.81. The molecule has 6 nitrogen and oxygen atoms in total. The lowest BCUT2D eigenvalue weighted by Crippen LogP contribution is -2.45. The molecule has 1 saturated heterocycles. The van der Waals surface area contributed by atoms with Gasteiger partial charge in [-0.25, -0.2) is 13.1 Å². The van der Waals surface area contributed by atoms with E-state index in [1.807, 2.05) is 18.7 Å². The van der Waals surface area contributed by atoms with Crippen LogP contribution in [-0.4, -0.2) is 51.6 Å². The van der Waals surface area contributed by atoms with Gasteiger partial charge in [0.1, 0.15) is 0 Å². The van der Waals surface area contributed by atoms with Gasteiger partial charge in [-0.2, -0.15) is 11.8 Å². The van der Waals surface area contributed by atoms with Gasteiger partial charge in [0.15, 0.2) is 5.96 Å². The Balaban J connectivity index is 1.74. The Morgan fingerprint density at radius 3 is 2.56 bits per heavy atom. The molecular formula is C17H28N4O2S2. The molecule has 25 heavy (non-hydrogen) atoms.